The van der Waals surface area contributed by atoms with Gasteiger partial charge in [-0.05, 0) is 11.3 Å². The molecule has 2 rings (SSSR count). The highest BCUT2D eigenvalue weighted by atomic mass is 16.7. The molecular formula is C8H7N5O. The number of rotatable bonds is 3. The van der Waals surface area contributed by atoms with Gasteiger partial charge in [0.15, 0.2) is 5.82 Å². The third-order valence-electron chi connectivity index (χ3n) is 1.40. The van der Waals surface area contributed by atoms with Crippen LogP contribution in [0.4, 0.5) is 5.82 Å². The number of pyridine rings is 1. The molecule has 0 amide bonds. The molecule has 0 atom stereocenters. The summed E-state index contributed by atoms with van der Waals surface area (Å²) in [5.74, 6) is 0.941. The molecule has 0 radical (unpaired) electrons. The summed E-state index contributed by atoms with van der Waals surface area (Å²) < 4.78 is 0. The first-order valence-corrected chi connectivity index (χ1v) is 3.93. The number of anilines is 1. The van der Waals surface area contributed by atoms with Crippen molar-refractivity contribution in [1.29, 1.82) is 0 Å². The van der Waals surface area contributed by atoms with Gasteiger partial charge in [0.2, 0.25) is 5.88 Å². The molecule has 0 aliphatic heterocycles. The van der Waals surface area contributed by atoms with Crippen LogP contribution in [0.25, 0.3) is 0 Å². The second-order valence-electron chi connectivity index (χ2n) is 2.38. The molecule has 0 saturated carbocycles. The number of hydrogen-bond donors (Lipinski definition) is 1. The van der Waals surface area contributed by atoms with Crippen molar-refractivity contribution >= 4 is 5.82 Å². The Balaban J connectivity index is 1.96. The zero-order valence-electron chi connectivity index (χ0n) is 7.16. The average Bonchev–Trinajstić information content (AvgIpc) is 2.29. The molecule has 0 aromatic carbocycles. The van der Waals surface area contributed by atoms with E-state index in [0.29, 0.717) is 11.7 Å². The topological polar surface area (TPSA) is 72.8 Å². The Hall–Kier alpha value is -2.24. The van der Waals surface area contributed by atoms with Crippen LogP contribution < -0.4 is 10.3 Å². The van der Waals surface area contributed by atoms with Crippen molar-refractivity contribution in [2.75, 3.05) is 5.48 Å². The Bertz CT molecular complexity index is 340. The minimum atomic E-state index is 0.464. The molecule has 6 heteroatoms. The summed E-state index contributed by atoms with van der Waals surface area (Å²) in [5, 5.41) is 10.6. The highest BCUT2D eigenvalue weighted by Crippen LogP contribution is 2.04. The maximum absolute atomic E-state index is 5.10. The molecule has 0 aliphatic carbocycles. The van der Waals surface area contributed by atoms with E-state index in [4.69, 9.17) is 4.84 Å². The van der Waals surface area contributed by atoms with Crippen LogP contribution in [0.15, 0.2) is 36.7 Å². The first-order valence-electron chi connectivity index (χ1n) is 3.93. The van der Waals surface area contributed by atoms with Crippen LogP contribution in [0.1, 0.15) is 0 Å². The average molecular weight is 189 g/mol. The largest absolute Gasteiger partial charge is 0.360 e. The monoisotopic (exact) mass is 189 g/mol. The molecule has 70 valence electrons. The fourth-order valence-corrected chi connectivity index (χ4v) is 0.808. The number of nitrogens with one attached hydrogen (secondary N) is 1. The van der Waals surface area contributed by atoms with E-state index < -0.39 is 0 Å². The fourth-order valence-electron chi connectivity index (χ4n) is 0.808. The molecule has 0 spiro atoms. The lowest BCUT2D eigenvalue weighted by Gasteiger charge is -2.03. The summed E-state index contributed by atoms with van der Waals surface area (Å²) in [6, 6.07) is 6.99. The van der Waals surface area contributed by atoms with E-state index in [1.807, 2.05) is 6.07 Å². The normalized spacial score (nSPS) is 9.43. The summed E-state index contributed by atoms with van der Waals surface area (Å²) >= 11 is 0. The van der Waals surface area contributed by atoms with Crippen molar-refractivity contribution in [3.8, 4) is 5.88 Å². The van der Waals surface area contributed by atoms with Gasteiger partial charge in [-0.3, -0.25) is 0 Å². The van der Waals surface area contributed by atoms with Crippen molar-refractivity contribution in [3.63, 3.8) is 0 Å². The van der Waals surface area contributed by atoms with Gasteiger partial charge in [-0.15, -0.1) is 10.2 Å². The first-order chi connectivity index (χ1) is 6.95. The van der Waals surface area contributed by atoms with Crippen LogP contribution in [0.2, 0.25) is 0 Å². The summed E-state index contributed by atoms with van der Waals surface area (Å²) in [4.78, 5) is 9.05. The van der Waals surface area contributed by atoms with E-state index in [1.54, 1.807) is 24.4 Å². The maximum atomic E-state index is 5.10. The predicted molar refractivity (Wildman–Crippen MR) is 48.3 cm³/mol. The van der Waals surface area contributed by atoms with Gasteiger partial charge in [0.1, 0.15) is 0 Å². The molecular weight excluding hydrogens is 182 g/mol. The zero-order valence-corrected chi connectivity index (χ0v) is 7.16. The quantitative estimate of drug-likeness (QED) is 0.715. The Morgan fingerprint density at radius 2 is 2.14 bits per heavy atom. The molecule has 0 unspecified atom stereocenters. The Morgan fingerprint density at radius 1 is 1.14 bits per heavy atom. The zero-order chi connectivity index (χ0) is 9.64. The highest BCUT2D eigenvalue weighted by Gasteiger charge is 1.94. The molecule has 14 heavy (non-hydrogen) atoms. The van der Waals surface area contributed by atoms with Crippen LogP contribution in [0.3, 0.4) is 0 Å². The molecule has 6 nitrogen and oxygen atoms in total. The van der Waals surface area contributed by atoms with Crippen LogP contribution in [0, 0.1) is 0 Å². The fraction of sp³-hybridized carbons (Fsp3) is 0. The molecule has 0 bridgehead atoms. The lowest BCUT2D eigenvalue weighted by atomic mass is 10.5. The summed E-state index contributed by atoms with van der Waals surface area (Å²) in [5.41, 5.74) is 2.58. The number of hydrogen-bond acceptors (Lipinski definition) is 6. The van der Waals surface area contributed by atoms with Gasteiger partial charge in [0, 0.05) is 18.3 Å². The highest BCUT2D eigenvalue weighted by molar-refractivity contribution is 5.28. The summed E-state index contributed by atoms with van der Waals surface area (Å²) in [7, 11) is 0. The maximum Gasteiger partial charge on any atom is 0.245 e. The minimum Gasteiger partial charge on any atom is -0.360 e. The molecule has 2 heterocycles. The van der Waals surface area contributed by atoms with E-state index in [9.17, 15) is 0 Å². The lowest BCUT2D eigenvalue weighted by Crippen LogP contribution is -2.07. The van der Waals surface area contributed by atoms with Crippen molar-refractivity contribution in [2.45, 2.75) is 0 Å². The molecule has 2 aromatic rings. The van der Waals surface area contributed by atoms with E-state index in [0.717, 1.165) is 0 Å². The second kappa shape index (κ2) is 4.13. The summed E-state index contributed by atoms with van der Waals surface area (Å²) in [6.45, 7) is 0. The number of aromatic nitrogens is 4. The Kier molecular flexibility index (Phi) is 2.46. The minimum absolute atomic E-state index is 0.464. The van der Waals surface area contributed by atoms with E-state index in [1.165, 1.54) is 6.20 Å². The van der Waals surface area contributed by atoms with Gasteiger partial charge in [-0.25, -0.2) is 10.5 Å². The van der Waals surface area contributed by atoms with Crippen LogP contribution in [-0.2, 0) is 0 Å². The van der Waals surface area contributed by atoms with Crippen LogP contribution >= 0.6 is 0 Å². The van der Waals surface area contributed by atoms with E-state index in [-0.39, 0.29) is 0 Å². The van der Waals surface area contributed by atoms with Crippen molar-refractivity contribution in [2.24, 2.45) is 0 Å². The second-order valence-corrected chi connectivity index (χ2v) is 2.38. The molecule has 0 saturated heterocycles. The van der Waals surface area contributed by atoms with Gasteiger partial charge >= 0.3 is 0 Å². The molecule has 1 N–H and O–H groups in total. The third kappa shape index (κ3) is 2.13. The third-order valence-corrected chi connectivity index (χ3v) is 1.40. The smallest absolute Gasteiger partial charge is 0.245 e. The van der Waals surface area contributed by atoms with Crippen molar-refractivity contribution in [1.82, 2.24) is 20.4 Å². The van der Waals surface area contributed by atoms with Gasteiger partial charge < -0.3 is 4.84 Å². The molecule has 0 fully saturated rings. The molecule has 0 aliphatic rings. The van der Waals surface area contributed by atoms with Crippen LogP contribution in [-0.4, -0.2) is 20.4 Å². The van der Waals surface area contributed by atoms with E-state index in [2.05, 4.69) is 25.9 Å². The Morgan fingerprint density at radius 3 is 2.86 bits per heavy atom. The van der Waals surface area contributed by atoms with Gasteiger partial charge in [0.05, 0.1) is 6.20 Å². The van der Waals surface area contributed by atoms with Crippen molar-refractivity contribution < 1.29 is 4.84 Å². The van der Waals surface area contributed by atoms with Gasteiger partial charge in [-0.1, -0.05) is 6.07 Å². The predicted octanol–water partition coefficient (Wildman–Crippen LogP) is 0.672. The number of nitrogens with zero attached hydrogens (tertiary/aromatic N) is 4. The van der Waals surface area contributed by atoms with E-state index >= 15 is 0 Å². The lowest BCUT2D eigenvalue weighted by molar-refractivity contribution is 0.385. The first kappa shape index (κ1) is 8.36. The SMILES string of the molecule is c1ccc(ONc2ccnnn2)nc1. The van der Waals surface area contributed by atoms with Crippen molar-refractivity contribution in [3.05, 3.63) is 36.7 Å². The van der Waals surface area contributed by atoms with Gasteiger partial charge in [-0.2, -0.15) is 0 Å². The standard InChI is InChI=1S/C8H7N5O/c1-2-5-9-8(3-1)14-12-7-4-6-10-13-11-7/h1-6H,(H,10,11,12). The van der Waals surface area contributed by atoms with Gasteiger partial charge in [0.25, 0.3) is 0 Å². The van der Waals surface area contributed by atoms with Crippen LogP contribution in [0.5, 0.6) is 5.88 Å². The Labute approximate surface area is 79.9 Å². The summed E-state index contributed by atoms with van der Waals surface area (Å²) in [6.07, 6.45) is 3.15. The molecule has 2 aromatic heterocycles.